The van der Waals surface area contributed by atoms with E-state index >= 15 is 0 Å². The molecule has 1 saturated heterocycles. The van der Waals surface area contributed by atoms with Gasteiger partial charge >= 0.3 is 6.09 Å². The summed E-state index contributed by atoms with van der Waals surface area (Å²) in [6.07, 6.45) is 1.51. The number of alkyl carbamates (subject to hydrolysis) is 1. The molecule has 1 aromatic carbocycles. The van der Waals surface area contributed by atoms with Gasteiger partial charge < -0.3 is 19.6 Å². The molecule has 2 aromatic rings. The SMILES string of the molecule is COc1ccc(-c2ccc([C@H](C=O)[C@H](CN3CCC(F)C3)NC(=O)OC(C)(C)C)cc2)cn1. The first-order valence-corrected chi connectivity index (χ1v) is 11.1. The van der Waals surface area contributed by atoms with Gasteiger partial charge in [-0.2, -0.15) is 0 Å². The van der Waals surface area contributed by atoms with Crippen LogP contribution in [0.25, 0.3) is 11.1 Å². The first-order valence-electron chi connectivity index (χ1n) is 11.1. The van der Waals surface area contributed by atoms with Crippen LogP contribution >= 0.6 is 0 Å². The van der Waals surface area contributed by atoms with Gasteiger partial charge in [-0.1, -0.05) is 24.3 Å². The third-order valence-corrected chi connectivity index (χ3v) is 5.53. The third kappa shape index (κ3) is 6.99. The topological polar surface area (TPSA) is 80.8 Å². The number of likely N-dealkylation sites (tertiary alicyclic amines) is 1. The van der Waals surface area contributed by atoms with E-state index in [-0.39, 0.29) is 0 Å². The van der Waals surface area contributed by atoms with Crippen molar-refractivity contribution < 1.29 is 23.5 Å². The molecule has 3 rings (SSSR count). The second kappa shape index (κ2) is 10.7. The molecule has 0 bridgehead atoms. The minimum absolute atomic E-state index is 0.293. The van der Waals surface area contributed by atoms with Gasteiger partial charge in [-0.05, 0) is 44.4 Å². The number of alkyl halides is 1. The largest absolute Gasteiger partial charge is 0.481 e. The molecule has 1 unspecified atom stereocenters. The number of carbonyl (C=O) groups is 2. The van der Waals surface area contributed by atoms with Crippen molar-refractivity contribution in [2.75, 3.05) is 26.7 Å². The number of methoxy groups -OCH3 is 1. The van der Waals surface area contributed by atoms with Crippen molar-refractivity contribution in [2.45, 2.75) is 50.9 Å². The summed E-state index contributed by atoms with van der Waals surface area (Å²) in [5, 5.41) is 2.84. The van der Waals surface area contributed by atoms with Gasteiger partial charge in [0.25, 0.3) is 0 Å². The number of nitrogens with zero attached hydrogens (tertiary/aromatic N) is 2. The van der Waals surface area contributed by atoms with E-state index in [4.69, 9.17) is 9.47 Å². The molecule has 7 nitrogen and oxygen atoms in total. The number of amides is 1. The molecule has 1 fully saturated rings. The van der Waals surface area contributed by atoms with Crippen LogP contribution in [-0.2, 0) is 9.53 Å². The summed E-state index contributed by atoms with van der Waals surface area (Å²) in [5.41, 5.74) is 1.94. The molecule has 8 heteroatoms. The maximum absolute atomic E-state index is 13.7. The normalized spacial score (nSPS) is 18.4. The number of benzene rings is 1. The first-order chi connectivity index (χ1) is 15.7. The highest BCUT2D eigenvalue weighted by Crippen LogP contribution is 2.26. The lowest BCUT2D eigenvalue weighted by molar-refractivity contribution is -0.109. The van der Waals surface area contributed by atoms with E-state index in [0.29, 0.717) is 31.9 Å². The number of rotatable bonds is 8. The molecular weight excluding hydrogens is 425 g/mol. The van der Waals surface area contributed by atoms with Crippen LogP contribution in [0.4, 0.5) is 9.18 Å². The van der Waals surface area contributed by atoms with Crippen molar-refractivity contribution in [3.63, 3.8) is 0 Å². The Morgan fingerprint density at radius 1 is 1.24 bits per heavy atom. The summed E-state index contributed by atoms with van der Waals surface area (Å²) in [7, 11) is 1.56. The number of pyridine rings is 1. The summed E-state index contributed by atoms with van der Waals surface area (Å²) in [4.78, 5) is 30.8. The van der Waals surface area contributed by atoms with E-state index < -0.39 is 29.8 Å². The Morgan fingerprint density at radius 3 is 2.45 bits per heavy atom. The van der Waals surface area contributed by atoms with Gasteiger partial charge in [-0.15, -0.1) is 0 Å². The third-order valence-electron chi connectivity index (χ3n) is 5.53. The molecule has 1 amide bonds. The van der Waals surface area contributed by atoms with Gasteiger partial charge in [0.1, 0.15) is 18.1 Å². The molecule has 0 aliphatic carbocycles. The summed E-state index contributed by atoms with van der Waals surface area (Å²) in [6.45, 7) is 6.57. The smallest absolute Gasteiger partial charge is 0.407 e. The zero-order valence-corrected chi connectivity index (χ0v) is 19.6. The van der Waals surface area contributed by atoms with Crippen LogP contribution in [0, 0.1) is 0 Å². The number of nitrogens with one attached hydrogen (secondary N) is 1. The van der Waals surface area contributed by atoms with E-state index in [1.807, 2.05) is 35.2 Å². The van der Waals surface area contributed by atoms with Crippen LogP contribution in [0.3, 0.4) is 0 Å². The van der Waals surface area contributed by atoms with Gasteiger partial charge in [-0.25, -0.2) is 14.2 Å². The average molecular weight is 458 g/mol. The van der Waals surface area contributed by atoms with E-state index in [1.54, 1.807) is 40.1 Å². The summed E-state index contributed by atoms with van der Waals surface area (Å²) in [5.74, 6) is -0.0795. The second-order valence-electron chi connectivity index (χ2n) is 9.27. The predicted molar refractivity (Wildman–Crippen MR) is 124 cm³/mol. The Hall–Kier alpha value is -3.00. The van der Waals surface area contributed by atoms with E-state index in [0.717, 1.165) is 23.0 Å². The molecule has 178 valence electrons. The molecule has 0 radical (unpaired) electrons. The van der Waals surface area contributed by atoms with E-state index in [1.165, 1.54) is 0 Å². The Kier molecular flexibility index (Phi) is 8.02. The standard InChI is InChI=1S/C25H32FN3O4/c1-25(2,3)33-24(31)28-22(15-29-12-11-20(26)14-29)21(16-30)18-7-5-17(6-8-18)19-9-10-23(32-4)27-13-19/h5-10,13,16,20-22H,11-12,14-15H2,1-4H3,(H,28,31)/t20?,21-,22-/m0/s1. The summed E-state index contributed by atoms with van der Waals surface area (Å²) in [6, 6.07) is 10.7. The van der Waals surface area contributed by atoms with Crippen LogP contribution in [0.5, 0.6) is 5.88 Å². The number of halogens is 1. The van der Waals surface area contributed by atoms with Gasteiger partial charge in [0, 0.05) is 37.5 Å². The number of ether oxygens (including phenoxy) is 2. The van der Waals surface area contributed by atoms with Crippen LogP contribution in [0.1, 0.15) is 38.7 Å². The Balaban J connectivity index is 1.80. The average Bonchev–Trinajstić information content (AvgIpc) is 3.18. The molecule has 1 aliphatic rings. The summed E-state index contributed by atoms with van der Waals surface area (Å²) < 4.78 is 24.2. The van der Waals surface area contributed by atoms with Crippen LogP contribution in [0.2, 0.25) is 0 Å². The van der Waals surface area contributed by atoms with E-state index in [2.05, 4.69) is 10.3 Å². The van der Waals surface area contributed by atoms with Crippen molar-refractivity contribution in [3.8, 4) is 17.0 Å². The molecule has 3 atom stereocenters. The summed E-state index contributed by atoms with van der Waals surface area (Å²) >= 11 is 0. The van der Waals surface area contributed by atoms with Crippen molar-refractivity contribution in [1.82, 2.24) is 15.2 Å². The lowest BCUT2D eigenvalue weighted by Gasteiger charge is -2.30. The number of hydrogen-bond donors (Lipinski definition) is 1. The van der Waals surface area contributed by atoms with Crippen molar-refractivity contribution >= 4 is 12.4 Å². The molecule has 1 N–H and O–H groups in total. The lowest BCUT2D eigenvalue weighted by Crippen LogP contribution is -2.48. The maximum atomic E-state index is 13.7. The van der Waals surface area contributed by atoms with Crippen LogP contribution < -0.4 is 10.1 Å². The minimum Gasteiger partial charge on any atom is -0.481 e. The monoisotopic (exact) mass is 457 g/mol. The fourth-order valence-electron chi connectivity index (χ4n) is 3.91. The molecular formula is C25H32FN3O4. The first kappa shape index (κ1) is 24.6. The lowest BCUT2D eigenvalue weighted by atomic mass is 9.91. The fraction of sp³-hybridized carbons (Fsp3) is 0.480. The zero-order chi connectivity index (χ0) is 24.0. The van der Waals surface area contributed by atoms with Gasteiger partial charge in [0.15, 0.2) is 0 Å². The Labute approximate surface area is 194 Å². The van der Waals surface area contributed by atoms with Crippen LogP contribution in [0.15, 0.2) is 42.6 Å². The molecule has 1 aliphatic heterocycles. The molecule has 1 aromatic heterocycles. The number of aldehydes is 1. The highest BCUT2D eigenvalue weighted by Gasteiger charge is 2.31. The quantitative estimate of drug-likeness (QED) is 0.604. The Bertz CT molecular complexity index is 928. The Morgan fingerprint density at radius 2 is 1.94 bits per heavy atom. The predicted octanol–water partition coefficient (Wildman–Crippen LogP) is 3.98. The molecule has 0 saturated carbocycles. The zero-order valence-electron chi connectivity index (χ0n) is 19.6. The maximum Gasteiger partial charge on any atom is 0.407 e. The van der Waals surface area contributed by atoms with Gasteiger partial charge in [-0.3, -0.25) is 4.90 Å². The van der Waals surface area contributed by atoms with Gasteiger partial charge in [0.05, 0.1) is 19.1 Å². The fourth-order valence-corrected chi connectivity index (χ4v) is 3.91. The number of hydrogen-bond acceptors (Lipinski definition) is 6. The van der Waals surface area contributed by atoms with Gasteiger partial charge in [0.2, 0.25) is 5.88 Å². The number of aromatic nitrogens is 1. The van der Waals surface area contributed by atoms with Crippen molar-refractivity contribution in [2.24, 2.45) is 0 Å². The highest BCUT2D eigenvalue weighted by atomic mass is 19.1. The minimum atomic E-state index is -0.890. The van der Waals surface area contributed by atoms with Crippen molar-refractivity contribution in [3.05, 3.63) is 48.2 Å². The number of carbonyl (C=O) groups excluding carboxylic acids is 2. The molecule has 33 heavy (non-hydrogen) atoms. The molecule has 2 heterocycles. The van der Waals surface area contributed by atoms with E-state index in [9.17, 15) is 14.0 Å². The highest BCUT2D eigenvalue weighted by molar-refractivity contribution is 5.72. The van der Waals surface area contributed by atoms with Crippen molar-refractivity contribution in [1.29, 1.82) is 0 Å². The van der Waals surface area contributed by atoms with Crippen LogP contribution in [-0.4, -0.2) is 66.8 Å². The second-order valence-corrected chi connectivity index (χ2v) is 9.27. The molecule has 0 spiro atoms.